The number of aromatic nitrogens is 4. The van der Waals surface area contributed by atoms with Crippen LogP contribution in [0.2, 0.25) is 0 Å². The summed E-state index contributed by atoms with van der Waals surface area (Å²) in [4.78, 5) is 22.8. The van der Waals surface area contributed by atoms with Gasteiger partial charge in [0.2, 0.25) is 5.91 Å². The summed E-state index contributed by atoms with van der Waals surface area (Å²) in [6.07, 6.45) is 8.33. The molecular formula is C18H25N5O. The third-order valence-electron chi connectivity index (χ3n) is 4.62. The number of carbonyl (C=O) groups is 1. The Balaban J connectivity index is 1.85. The number of piperidine rings is 1. The molecule has 0 aliphatic carbocycles. The molecule has 1 atom stereocenters. The third-order valence-corrected chi connectivity index (χ3v) is 4.62. The smallest absolute Gasteiger partial charge is 0.219 e. The van der Waals surface area contributed by atoms with Gasteiger partial charge in [-0.05, 0) is 45.1 Å². The van der Waals surface area contributed by atoms with Crippen LogP contribution in [0.4, 0.5) is 0 Å². The lowest BCUT2D eigenvalue weighted by Gasteiger charge is -2.32. The summed E-state index contributed by atoms with van der Waals surface area (Å²) < 4.78 is 1.98. The molecule has 0 N–H and O–H groups in total. The molecule has 0 spiro atoms. The Morgan fingerprint density at radius 1 is 1.29 bits per heavy atom. The molecule has 0 saturated carbocycles. The minimum absolute atomic E-state index is 0.164. The fourth-order valence-electron chi connectivity index (χ4n) is 3.43. The highest BCUT2D eigenvalue weighted by atomic mass is 16.2. The van der Waals surface area contributed by atoms with Gasteiger partial charge in [0, 0.05) is 44.6 Å². The molecule has 3 heterocycles. The highest BCUT2D eigenvalue weighted by molar-refractivity contribution is 5.73. The van der Waals surface area contributed by atoms with Crippen LogP contribution in [0.1, 0.15) is 45.3 Å². The lowest BCUT2D eigenvalue weighted by atomic mass is 9.92. The number of likely N-dealkylation sites (tertiary alicyclic amines) is 1. The van der Waals surface area contributed by atoms with E-state index in [2.05, 4.69) is 28.9 Å². The molecule has 24 heavy (non-hydrogen) atoms. The second-order valence-corrected chi connectivity index (χ2v) is 6.78. The Bertz CT molecular complexity index is 709. The number of carbonyl (C=O) groups excluding carboxylic acids is 1. The third kappa shape index (κ3) is 3.47. The van der Waals surface area contributed by atoms with E-state index in [-0.39, 0.29) is 11.9 Å². The SMILES string of the molecule is CC(=O)N1CCC[C@@H](Cc2nccnc2-c2ccnn2C(C)C)C1. The van der Waals surface area contributed by atoms with E-state index in [0.717, 1.165) is 49.4 Å². The fourth-order valence-corrected chi connectivity index (χ4v) is 3.43. The standard InChI is InChI=1S/C18H25N5O/c1-13(2)23-17(6-7-21-23)18-16(19-8-9-20-18)11-15-5-4-10-22(12-15)14(3)24/h6-9,13,15H,4-5,10-12H2,1-3H3/t15-/m0/s1. The van der Waals surface area contributed by atoms with Gasteiger partial charge in [0.1, 0.15) is 5.69 Å². The molecule has 0 aromatic carbocycles. The van der Waals surface area contributed by atoms with Crippen molar-refractivity contribution in [2.45, 2.75) is 46.1 Å². The average molecular weight is 327 g/mol. The number of rotatable bonds is 4. The van der Waals surface area contributed by atoms with Crippen molar-refractivity contribution in [1.82, 2.24) is 24.6 Å². The number of nitrogens with zero attached hydrogens (tertiary/aromatic N) is 5. The van der Waals surface area contributed by atoms with Crippen LogP contribution in [0, 0.1) is 5.92 Å². The zero-order valence-electron chi connectivity index (χ0n) is 14.6. The lowest BCUT2D eigenvalue weighted by molar-refractivity contribution is -0.130. The molecule has 1 saturated heterocycles. The molecule has 1 aliphatic rings. The first-order valence-electron chi connectivity index (χ1n) is 8.65. The highest BCUT2D eigenvalue weighted by Crippen LogP contribution is 2.27. The lowest BCUT2D eigenvalue weighted by Crippen LogP contribution is -2.39. The number of hydrogen-bond acceptors (Lipinski definition) is 4. The second-order valence-electron chi connectivity index (χ2n) is 6.78. The Labute approximate surface area is 142 Å². The number of hydrogen-bond donors (Lipinski definition) is 0. The van der Waals surface area contributed by atoms with Gasteiger partial charge in [-0.3, -0.25) is 19.4 Å². The van der Waals surface area contributed by atoms with E-state index >= 15 is 0 Å². The molecule has 128 valence electrons. The van der Waals surface area contributed by atoms with Crippen molar-refractivity contribution in [3.05, 3.63) is 30.4 Å². The monoisotopic (exact) mass is 327 g/mol. The van der Waals surface area contributed by atoms with Gasteiger partial charge >= 0.3 is 0 Å². The molecule has 1 fully saturated rings. The summed E-state index contributed by atoms with van der Waals surface area (Å²) in [5.41, 5.74) is 2.91. The first-order chi connectivity index (χ1) is 11.6. The van der Waals surface area contributed by atoms with Gasteiger partial charge in [0.05, 0.1) is 11.4 Å². The van der Waals surface area contributed by atoms with Crippen LogP contribution in [0.5, 0.6) is 0 Å². The van der Waals surface area contributed by atoms with Crippen molar-refractivity contribution >= 4 is 5.91 Å². The van der Waals surface area contributed by atoms with Crippen molar-refractivity contribution in [2.75, 3.05) is 13.1 Å². The molecule has 6 heteroatoms. The van der Waals surface area contributed by atoms with Crippen LogP contribution in [0.25, 0.3) is 11.4 Å². The molecule has 2 aromatic rings. The number of amides is 1. The Morgan fingerprint density at radius 2 is 2.08 bits per heavy atom. The van der Waals surface area contributed by atoms with Crippen molar-refractivity contribution in [2.24, 2.45) is 5.92 Å². The molecule has 1 amide bonds. The van der Waals surface area contributed by atoms with E-state index < -0.39 is 0 Å². The summed E-state index contributed by atoms with van der Waals surface area (Å²) in [5.74, 6) is 0.602. The first kappa shape index (κ1) is 16.6. The van der Waals surface area contributed by atoms with Gasteiger partial charge in [-0.1, -0.05) is 0 Å². The van der Waals surface area contributed by atoms with Crippen LogP contribution >= 0.6 is 0 Å². The van der Waals surface area contributed by atoms with Gasteiger partial charge in [0.15, 0.2) is 0 Å². The van der Waals surface area contributed by atoms with Gasteiger partial charge in [0.25, 0.3) is 0 Å². The maximum absolute atomic E-state index is 11.7. The van der Waals surface area contributed by atoms with Crippen LogP contribution in [0.15, 0.2) is 24.7 Å². The van der Waals surface area contributed by atoms with E-state index in [0.29, 0.717) is 5.92 Å². The summed E-state index contributed by atoms with van der Waals surface area (Å²) in [7, 11) is 0. The van der Waals surface area contributed by atoms with Crippen molar-refractivity contribution in [1.29, 1.82) is 0 Å². The normalized spacial score (nSPS) is 18.2. The Morgan fingerprint density at radius 3 is 2.83 bits per heavy atom. The van der Waals surface area contributed by atoms with Crippen LogP contribution < -0.4 is 0 Å². The van der Waals surface area contributed by atoms with Gasteiger partial charge < -0.3 is 4.90 Å². The average Bonchev–Trinajstić information content (AvgIpc) is 3.05. The molecule has 6 nitrogen and oxygen atoms in total. The van der Waals surface area contributed by atoms with Crippen molar-refractivity contribution < 1.29 is 4.79 Å². The predicted molar refractivity (Wildman–Crippen MR) is 92.3 cm³/mol. The molecular weight excluding hydrogens is 302 g/mol. The largest absolute Gasteiger partial charge is 0.343 e. The van der Waals surface area contributed by atoms with E-state index in [4.69, 9.17) is 0 Å². The summed E-state index contributed by atoms with van der Waals surface area (Å²) in [5, 5.41) is 4.41. The predicted octanol–water partition coefficient (Wildman–Crippen LogP) is 2.72. The van der Waals surface area contributed by atoms with Crippen LogP contribution in [0.3, 0.4) is 0 Å². The van der Waals surface area contributed by atoms with E-state index in [1.807, 2.05) is 21.8 Å². The van der Waals surface area contributed by atoms with Crippen molar-refractivity contribution in [3.63, 3.8) is 0 Å². The van der Waals surface area contributed by atoms with Gasteiger partial charge in [-0.2, -0.15) is 5.10 Å². The second kappa shape index (κ2) is 7.11. The fraction of sp³-hybridized carbons (Fsp3) is 0.556. The summed E-state index contributed by atoms with van der Waals surface area (Å²) in [6, 6.07) is 2.27. The topological polar surface area (TPSA) is 63.9 Å². The highest BCUT2D eigenvalue weighted by Gasteiger charge is 2.24. The summed E-state index contributed by atoms with van der Waals surface area (Å²) >= 11 is 0. The molecule has 1 aliphatic heterocycles. The maximum Gasteiger partial charge on any atom is 0.219 e. The van der Waals surface area contributed by atoms with Crippen LogP contribution in [-0.4, -0.2) is 43.6 Å². The zero-order valence-corrected chi connectivity index (χ0v) is 14.6. The Hall–Kier alpha value is -2.24. The van der Waals surface area contributed by atoms with Gasteiger partial charge in [-0.15, -0.1) is 0 Å². The van der Waals surface area contributed by atoms with Gasteiger partial charge in [-0.25, -0.2) is 0 Å². The van der Waals surface area contributed by atoms with Crippen molar-refractivity contribution in [3.8, 4) is 11.4 Å². The summed E-state index contributed by atoms with van der Waals surface area (Å²) in [6.45, 7) is 7.56. The zero-order chi connectivity index (χ0) is 17.1. The van der Waals surface area contributed by atoms with Crippen LogP contribution in [-0.2, 0) is 11.2 Å². The van der Waals surface area contributed by atoms with E-state index in [1.165, 1.54) is 0 Å². The molecule has 2 aromatic heterocycles. The Kier molecular flexibility index (Phi) is 4.92. The molecule has 0 radical (unpaired) electrons. The molecule has 3 rings (SSSR count). The minimum atomic E-state index is 0.164. The minimum Gasteiger partial charge on any atom is -0.343 e. The first-order valence-corrected chi connectivity index (χ1v) is 8.65. The van der Waals surface area contributed by atoms with E-state index in [1.54, 1.807) is 19.3 Å². The molecule has 0 unspecified atom stereocenters. The quantitative estimate of drug-likeness (QED) is 0.866. The molecule has 0 bridgehead atoms. The maximum atomic E-state index is 11.7. The van der Waals surface area contributed by atoms with E-state index in [9.17, 15) is 4.79 Å².